The smallest absolute Gasteiger partial charge is 0.307 e. The minimum absolute atomic E-state index is 0.0756. The summed E-state index contributed by atoms with van der Waals surface area (Å²) in [4.78, 5) is 11.1. The highest BCUT2D eigenvalue weighted by atomic mass is 16.5. The molecule has 0 aliphatic carbocycles. The number of ether oxygens (including phenoxy) is 1. The fourth-order valence-electron chi connectivity index (χ4n) is 1.18. The third-order valence-corrected chi connectivity index (χ3v) is 1.90. The molecule has 1 rings (SSSR count). The van der Waals surface area contributed by atoms with Gasteiger partial charge in [-0.1, -0.05) is 0 Å². The van der Waals surface area contributed by atoms with E-state index in [0.29, 0.717) is 18.1 Å². The highest BCUT2D eigenvalue weighted by Crippen LogP contribution is 2.17. The van der Waals surface area contributed by atoms with E-state index in [-0.39, 0.29) is 19.0 Å². The second-order valence-corrected chi connectivity index (χ2v) is 3.08. The minimum atomic E-state index is -0.524. The lowest BCUT2D eigenvalue weighted by atomic mass is 10.2. The van der Waals surface area contributed by atoms with Gasteiger partial charge >= 0.3 is 5.97 Å². The average molecular weight is 213 g/mol. The second-order valence-electron chi connectivity index (χ2n) is 3.08. The van der Waals surface area contributed by atoms with Gasteiger partial charge < -0.3 is 20.0 Å². The quantitative estimate of drug-likeness (QED) is 0.704. The molecule has 3 N–H and O–H groups in total. The van der Waals surface area contributed by atoms with Crippen LogP contribution in [0.5, 0.6) is 0 Å². The molecule has 0 saturated heterocycles. The van der Waals surface area contributed by atoms with Gasteiger partial charge in [-0.3, -0.25) is 4.79 Å². The molecule has 0 aliphatic rings. The number of aliphatic hydroxyl groups is 1. The maximum absolute atomic E-state index is 11.1. The second kappa shape index (κ2) is 5.53. The van der Waals surface area contributed by atoms with Crippen molar-refractivity contribution in [2.45, 2.75) is 26.0 Å². The lowest BCUT2D eigenvalue weighted by Crippen LogP contribution is -2.16. The molecule has 0 bridgehead atoms. The van der Waals surface area contributed by atoms with Crippen LogP contribution >= 0.6 is 0 Å². The summed E-state index contributed by atoms with van der Waals surface area (Å²) in [5.41, 5.74) is 5.72. The van der Waals surface area contributed by atoms with Crippen LogP contribution in [0.1, 0.15) is 30.9 Å². The summed E-state index contributed by atoms with van der Waals surface area (Å²) >= 11 is 0. The first-order valence-corrected chi connectivity index (χ1v) is 4.78. The molecular weight excluding hydrogens is 198 g/mol. The first kappa shape index (κ1) is 11.7. The Morgan fingerprint density at radius 3 is 2.93 bits per heavy atom. The number of furan rings is 1. The summed E-state index contributed by atoms with van der Waals surface area (Å²) in [5, 5.41) is 8.77. The van der Waals surface area contributed by atoms with E-state index in [4.69, 9.17) is 20.0 Å². The van der Waals surface area contributed by atoms with E-state index in [2.05, 4.69) is 0 Å². The molecule has 1 atom stereocenters. The molecular formula is C10H15NO4. The van der Waals surface area contributed by atoms with E-state index in [1.807, 2.05) is 0 Å². The Morgan fingerprint density at radius 2 is 2.40 bits per heavy atom. The number of nitrogens with two attached hydrogens (primary N) is 1. The number of esters is 1. The largest absolute Gasteiger partial charge is 0.466 e. The van der Waals surface area contributed by atoms with E-state index >= 15 is 0 Å². The van der Waals surface area contributed by atoms with Gasteiger partial charge in [0.05, 0.1) is 19.1 Å². The Morgan fingerprint density at radius 1 is 1.67 bits per heavy atom. The summed E-state index contributed by atoms with van der Waals surface area (Å²) in [5.74, 6) is 0.559. The minimum Gasteiger partial charge on any atom is -0.466 e. The molecule has 0 spiro atoms. The summed E-state index contributed by atoms with van der Waals surface area (Å²) in [6.07, 6.45) is 0.0756. The first-order valence-electron chi connectivity index (χ1n) is 4.78. The molecule has 5 heteroatoms. The van der Waals surface area contributed by atoms with E-state index in [9.17, 15) is 4.79 Å². The van der Waals surface area contributed by atoms with Gasteiger partial charge in [0.2, 0.25) is 0 Å². The van der Waals surface area contributed by atoms with Crippen LogP contribution in [0.2, 0.25) is 0 Å². The van der Waals surface area contributed by atoms with E-state index < -0.39 is 6.04 Å². The Hall–Kier alpha value is -1.33. The van der Waals surface area contributed by atoms with Crippen molar-refractivity contribution < 1.29 is 19.1 Å². The topological polar surface area (TPSA) is 85.7 Å². The van der Waals surface area contributed by atoms with E-state index in [0.717, 1.165) is 0 Å². The van der Waals surface area contributed by atoms with Crippen molar-refractivity contribution in [2.24, 2.45) is 5.73 Å². The van der Waals surface area contributed by atoms with Crippen LogP contribution in [0.4, 0.5) is 0 Å². The summed E-state index contributed by atoms with van der Waals surface area (Å²) < 4.78 is 9.95. The Bertz CT molecular complexity index is 321. The number of rotatable bonds is 5. The Labute approximate surface area is 87.8 Å². The van der Waals surface area contributed by atoms with Gasteiger partial charge in [-0.25, -0.2) is 0 Å². The first-order chi connectivity index (χ1) is 7.17. The van der Waals surface area contributed by atoms with Crippen molar-refractivity contribution in [2.75, 3.05) is 6.61 Å². The highest BCUT2D eigenvalue weighted by molar-refractivity contribution is 5.70. The molecule has 1 heterocycles. The molecule has 15 heavy (non-hydrogen) atoms. The van der Waals surface area contributed by atoms with Crippen LogP contribution in [-0.4, -0.2) is 17.7 Å². The predicted molar refractivity (Wildman–Crippen MR) is 52.8 cm³/mol. The molecule has 0 fully saturated rings. The number of hydrogen-bond donors (Lipinski definition) is 2. The number of hydrogen-bond acceptors (Lipinski definition) is 5. The summed E-state index contributed by atoms with van der Waals surface area (Å²) in [6, 6.07) is 2.75. The van der Waals surface area contributed by atoms with Crippen LogP contribution < -0.4 is 5.73 Å². The number of carbonyl (C=O) groups excluding carboxylic acids is 1. The predicted octanol–water partition coefficient (Wildman–Crippen LogP) is 0.725. The lowest BCUT2D eigenvalue weighted by Gasteiger charge is -2.07. The summed E-state index contributed by atoms with van der Waals surface area (Å²) in [7, 11) is 0. The third kappa shape index (κ3) is 3.38. The van der Waals surface area contributed by atoms with E-state index in [1.165, 1.54) is 0 Å². The molecule has 0 unspecified atom stereocenters. The Balaban J connectivity index is 2.52. The Kier molecular flexibility index (Phi) is 4.33. The van der Waals surface area contributed by atoms with Crippen LogP contribution in [-0.2, 0) is 16.1 Å². The van der Waals surface area contributed by atoms with Gasteiger partial charge in [0, 0.05) is 0 Å². The fraction of sp³-hybridized carbons (Fsp3) is 0.500. The molecule has 1 aromatic rings. The monoisotopic (exact) mass is 213 g/mol. The zero-order chi connectivity index (χ0) is 11.3. The van der Waals surface area contributed by atoms with Crippen molar-refractivity contribution in [3.05, 3.63) is 23.7 Å². The number of carbonyl (C=O) groups is 1. The molecule has 0 amide bonds. The fourth-order valence-corrected chi connectivity index (χ4v) is 1.18. The molecule has 0 aliphatic heterocycles. The molecule has 0 aromatic carbocycles. The summed E-state index contributed by atoms with van der Waals surface area (Å²) in [6.45, 7) is 1.90. The van der Waals surface area contributed by atoms with Crippen molar-refractivity contribution in [3.63, 3.8) is 0 Å². The molecule has 5 nitrogen and oxygen atoms in total. The molecule has 0 radical (unpaired) electrons. The highest BCUT2D eigenvalue weighted by Gasteiger charge is 2.15. The van der Waals surface area contributed by atoms with Crippen molar-refractivity contribution in [3.8, 4) is 0 Å². The maximum atomic E-state index is 11.1. The van der Waals surface area contributed by atoms with Crippen LogP contribution in [0.15, 0.2) is 16.5 Å². The molecule has 84 valence electrons. The molecule has 1 aromatic heterocycles. The van der Waals surface area contributed by atoms with Gasteiger partial charge in [-0.2, -0.15) is 0 Å². The van der Waals surface area contributed by atoms with Crippen LogP contribution in [0.3, 0.4) is 0 Å². The van der Waals surface area contributed by atoms with Gasteiger partial charge in [-0.15, -0.1) is 0 Å². The van der Waals surface area contributed by atoms with Gasteiger partial charge in [0.25, 0.3) is 0 Å². The van der Waals surface area contributed by atoms with Gasteiger partial charge in [0.1, 0.15) is 18.1 Å². The lowest BCUT2D eigenvalue weighted by molar-refractivity contribution is -0.143. The normalized spacial score (nSPS) is 12.5. The molecule has 0 saturated carbocycles. The zero-order valence-electron chi connectivity index (χ0n) is 8.60. The SMILES string of the molecule is CCOC(=O)C[C@H](N)c1ccc(CO)o1. The zero-order valence-corrected chi connectivity index (χ0v) is 8.60. The van der Waals surface area contributed by atoms with Gasteiger partial charge in [-0.05, 0) is 19.1 Å². The van der Waals surface area contributed by atoms with Crippen molar-refractivity contribution >= 4 is 5.97 Å². The van der Waals surface area contributed by atoms with Crippen LogP contribution in [0.25, 0.3) is 0 Å². The average Bonchev–Trinajstić information content (AvgIpc) is 2.66. The van der Waals surface area contributed by atoms with E-state index in [1.54, 1.807) is 19.1 Å². The van der Waals surface area contributed by atoms with Crippen LogP contribution in [0, 0.1) is 0 Å². The third-order valence-electron chi connectivity index (χ3n) is 1.90. The van der Waals surface area contributed by atoms with Crippen molar-refractivity contribution in [1.29, 1.82) is 0 Å². The van der Waals surface area contributed by atoms with Crippen molar-refractivity contribution in [1.82, 2.24) is 0 Å². The maximum Gasteiger partial charge on any atom is 0.307 e. The standard InChI is InChI=1S/C10H15NO4/c1-2-14-10(13)5-8(11)9-4-3-7(6-12)15-9/h3-4,8,12H,2,5-6,11H2,1H3/t8-/m0/s1. The number of aliphatic hydroxyl groups excluding tert-OH is 1. The van der Waals surface area contributed by atoms with Gasteiger partial charge in [0.15, 0.2) is 0 Å².